The van der Waals surface area contributed by atoms with E-state index in [1.165, 1.54) is 43.4 Å². The van der Waals surface area contributed by atoms with E-state index < -0.39 is 0 Å². The molecule has 1 aromatic carbocycles. The third-order valence-electron chi connectivity index (χ3n) is 4.33. The monoisotopic (exact) mass is 245 g/mol. The molecule has 2 rings (SSSR count). The summed E-state index contributed by atoms with van der Waals surface area (Å²) in [6.45, 7) is 7.06. The quantitative estimate of drug-likeness (QED) is 0.737. The molecule has 1 heteroatoms. The molecule has 0 spiro atoms. The number of para-hydroxylation sites is 1. The molecule has 1 nitrogen and oxygen atoms in total. The third kappa shape index (κ3) is 3.51. The molecule has 0 bridgehead atoms. The molecule has 1 saturated carbocycles. The molecule has 1 aliphatic carbocycles. The average molecular weight is 245 g/mol. The maximum absolute atomic E-state index is 3.78. The Morgan fingerprint density at radius 2 is 1.94 bits per heavy atom. The number of hydrogen-bond donors (Lipinski definition) is 1. The zero-order valence-corrected chi connectivity index (χ0v) is 12.1. The van der Waals surface area contributed by atoms with Crippen molar-refractivity contribution in [2.24, 2.45) is 5.41 Å². The van der Waals surface area contributed by atoms with Crippen molar-refractivity contribution in [2.45, 2.75) is 65.3 Å². The third-order valence-corrected chi connectivity index (χ3v) is 4.33. The second-order valence-electron chi connectivity index (χ2n) is 6.45. The lowest BCUT2D eigenvalue weighted by atomic mass is 9.85. The van der Waals surface area contributed by atoms with Gasteiger partial charge in [0.15, 0.2) is 0 Å². The van der Waals surface area contributed by atoms with Crippen LogP contribution in [0.3, 0.4) is 0 Å². The van der Waals surface area contributed by atoms with Crippen LogP contribution in [-0.4, -0.2) is 6.04 Å². The summed E-state index contributed by atoms with van der Waals surface area (Å²) in [6, 6.07) is 9.42. The topological polar surface area (TPSA) is 12.0 Å². The number of benzene rings is 1. The summed E-state index contributed by atoms with van der Waals surface area (Å²) >= 11 is 0. The van der Waals surface area contributed by atoms with Crippen LogP contribution >= 0.6 is 0 Å². The summed E-state index contributed by atoms with van der Waals surface area (Å²) in [7, 11) is 0. The number of nitrogens with one attached hydrogen (secondary N) is 1. The Balaban J connectivity index is 2.01. The Bertz CT molecular complexity index is 381. The van der Waals surface area contributed by atoms with Gasteiger partial charge in [-0.15, -0.1) is 0 Å². The molecular weight excluding hydrogens is 218 g/mol. The standard InChI is InChI=1S/C17H27N/c1-4-14-8-5-6-10-16(14)18-15-9-7-12-17(2,3)13-11-15/h5-6,8,10,15,18H,4,7,9,11-13H2,1-3H3. The highest BCUT2D eigenvalue weighted by Gasteiger charge is 2.24. The number of rotatable bonds is 3. The van der Waals surface area contributed by atoms with Gasteiger partial charge < -0.3 is 5.32 Å². The molecule has 1 aromatic rings. The Labute approximate surface area is 112 Å². The van der Waals surface area contributed by atoms with Gasteiger partial charge in [-0.3, -0.25) is 0 Å². The highest BCUT2D eigenvalue weighted by molar-refractivity contribution is 5.51. The van der Waals surface area contributed by atoms with Crippen LogP contribution in [0.2, 0.25) is 0 Å². The summed E-state index contributed by atoms with van der Waals surface area (Å²) in [5.74, 6) is 0. The Morgan fingerprint density at radius 1 is 1.17 bits per heavy atom. The van der Waals surface area contributed by atoms with Crippen LogP contribution in [-0.2, 0) is 6.42 Å². The maximum atomic E-state index is 3.78. The van der Waals surface area contributed by atoms with Gasteiger partial charge in [0.2, 0.25) is 0 Å². The lowest BCUT2D eigenvalue weighted by Crippen LogP contribution is -2.20. The first-order valence-electron chi connectivity index (χ1n) is 7.45. The van der Waals surface area contributed by atoms with Crippen molar-refractivity contribution in [3.63, 3.8) is 0 Å². The van der Waals surface area contributed by atoms with Crippen molar-refractivity contribution in [1.29, 1.82) is 0 Å². The molecule has 1 unspecified atom stereocenters. The van der Waals surface area contributed by atoms with Gasteiger partial charge in [-0.1, -0.05) is 45.4 Å². The van der Waals surface area contributed by atoms with Crippen LogP contribution in [0.25, 0.3) is 0 Å². The van der Waals surface area contributed by atoms with E-state index >= 15 is 0 Å². The summed E-state index contributed by atoms with van der Waals surface area (Å²) < 4.78 is 0. The first kappa shape index (κ1) is 13.5. The first-order chi connectivity index (χ1) is 8.61. The minimum atomic E-state index is 0.542. The van der Waals surface area contributed by atoms with Crippen LogP contribution < -0.4 is 5.32 Å². The normalized spacial score (nSPS) is 23.4. The average Bonchev–Trinajstić information content (AvgIpc) is 2.52. The molecule has 1 atom stereocenters. The second-order valence-corrected chi connectivity index (χ2v) is 6.45. The molecule has 0 aromatic heterocycles. The van der Waals surface area contributed by atoms with Crippen LogP contribution in [0, 0.1) is 5.41 Å². The lowest BCUT2D eigenvalue weighted by molar-refractivity contribution is 0.313. The molecule has 100 valence electrons. The van der Waals surface area contributed by atoms with E-state index in [9.17, 15) is 0 Å². The van der Waals surface area contributed by atoms with Crippen molar-refractivity contribution in [3.05, 3.63) is 29.8 Å². The zero-order valence-electron chi connectivity index (χ0n) is 12.1. The summed E-state index contributed by atoms with van der Waals surface area (Å²) in [4.78, 5) is 0. The van der Waals surface area contributed by atoms with E-state index in [4.69, 9.17) is 0 Å². The van der Waals surface area contributed by atoms with Gasteiger partial charge in [0, 0.05) is 11.7 Å². The van der Waals surface area contributed by atoms with Gasteiger partial charge >= 0.3 is 0 Å². The summed E-state index contributed by atoms with van der Waals surface area (Å²) in [5.41, 5.74) is 3.34. The number of hydrogen-bond acceptors (Lipinski definition) is 1. The number of anilines is 1. The lowest BCUT2D eigenvalue weighted by Gasteiger charge is -2.23. The predicted molar refractivity (Wildman–Crippen MR) is 80.1 cm³/mol. The van der Waals surface area contributed by atoms with Gasteiger partial charge in [-0.25, -0.2) is 0 Å². The molecule has 0 radical (unpaired) electrons. The minimum Gasteiger partial charge on any atom is -0.382 e. The molecule has 0 saturated heterocycles. The summed E-state index contributed by atoms with van der Waals surface area (Å²) in [6.07, 6.45) is 7.83. The van der Waals surface area contributed by atoms with E-state index in [0.29, 0.717) is 11.5 Å². The van der Waals surface area contributed by atoms with Gasteiger partial charge in [0.05, 0.1) is 0 Å². The van der Waals surface area contributed by atoms with E-state index in [1.807, 2.05) is 0 Å². The van der Waals surface area contributed by atoms with Gasteiger partial charge in [0.25, 0.3) is 0 Å². The van der Waals surface area contributed by atoms with E-state index in [0.717, 1.165) is 6.42 Å². The van der Waals surface area contributed by atoms with Gasteiger partial charge in [-0.05, 0) is 49.1 Å². The van der Waals surface area contributed by atoms with E-state index in [1.54, 1.807) is 0 Å². The molecule has 1 fully saturated rings. The fourth-order valence-electron chi connectivity index (χ4n) is 2.99. The maximum Gasteiger partial charge on any atom is 0.0374 e. The van der Waals surface area contributed by atoms with Crippen molar-refractivity contribution >= 4 is 5.69 Å². The van der Waals surface area contributed by atoms with Crippen molar-refractivity contribution in [3.8, 4) is 0 Å². The van der Waals surface area contributed by atoms with Crippen LogP contribution in [0.1, 0.15) is 58.4 Å². The molecule has 18 heavy (non-hydrogen) atoms. The molecule has 0 aliphatic heterocycles. The fourth-order valence-corrected chi connectivity index (χ4v) is 2.99. The molecule has 1 N–H and O–H groups in total. The largest absolute Gasteiger partial charge is 0.382 e. The van der Waals surface area contributed by atoms with Gasteiger partial charge in [0.1, 0.15) is 0 Å². The fraction of sp³-hybridized carbons (Fsp3) is 0.647. The molecule has 0 amide bonds. The SMILES string of the molecule is CCc1ccccc1NC1CCCC(C)(C)CC1. The number of aryl methyl sites for hydroxylation is 1. The smallest absolute Gasteiger partial charge is 0.0374 e. The molecule has 1 aliphatic rings. The van der Waals surface area contributed by atoms with Crippen LogP contribution in [0.5, 0.6) is 0 Å². The predicted octanol–water partition coefficient (Wildman–Crippen LogP) is 5.02. The van der Waals surface area contributed by atoms with E-state index in [2.05, 4.69) is 50.4 Å². The molecular formula is C17H27N. The molecule has 0 heterocycles. The van der Waals surface area contributed by atoms with Crippen molar-refractivity contribution in [1.82, 2.24) is 0 Å². The first-order valence-corrected chi connectivity index (χ1v) is 7.45. The highest BCUT2D eigenvalue weighted by atomic mass is 14.9. The zero-order chi connectivity index (χ0) is 13.0. The van der Waals surface area contributed by atoms with Gasteiger partial charge in [-0.2, -0.15) is 0 Å². The van der Waals surface area contributed by atoms with E-state index in [-0.39, 0.29) is 0 Å². The Hall–Kier alpha value is -0.980. The Kier molecular flexibility index (Phi) is 4.31. The summed E-state index contributed by atoms with van der Waals surface area (Å²) in [5, 5.41) is 3.78. The van der Waals surface area contributed by atoms with Crippen molar-refractivity contribution in [2.75, 3.05) is 5.32 Å². The highest BCUT2D eigenvalue weighted by Crippen LogP contribution is 2.34. The Morgan fingerprint density at radius 3 is 2.72 bits per heavy atom. The second kappa shape index (κ2) is 5.77. The van der Waals surface area contributed by atoms with Crippen LogP contribution in [0.15, 0.2) is 24.3 Å². The minimum absolute atomic E-state index is 0.542. The van der Waals surface area contributed by atoms with Crippen molar-refractivity contribution < 1.29 is 0 Å². The van der Waals surface area contributed by atoms with Crippen LogP contribution in [0.4, 0.5) is 5.69 Å².